The van der Waals surface area contributed by atoms with Gasteiger partial charge in [-0.1, -0.05) is 35.9 Å². The zero-order chi connectivity index (χ0) is 13.2. The maximum Gasteiger partial charge on any atom is 0.181 e. The number of aromatic amines is 1. The molecule has 0 amide bonds. The van der Waals surface area contributed by atoms with Gasteiger partial charge >= 0.3 is 0 Å². The summed E-state index contributed by atoms with van der Waals surface area (Å²) in [7, 11) is 0. The third-order valence-electron chi connectivity index (χ3n) is 2.76. The van der Waals surface area contributed by atoms with Crippen molar-refractivity contribution in [2.75, 3.05) is 5.73 Å². The van der Waals surface area contributed by atoms with Gasteiger partial charge < -0.3 is 5.73 Å². The second kappa shape index (κ2) is 4.74. The topological polar surface area (TPSA) is 67.6 Å². The molecule has 3 aromatic rings. The van der Waals surface area contributed by atoms with Crippen molar-refractivity contribution in [1.82, 2.24) is 15.2 Å². The minimum absolute atomic E-state index is 0.599. The van der Waals surface area contributed by atoms with Crippen LogP contribution in [-0.2, 0) is 0 Å². The molecule has 0 bridgehead atoms. The first-order valence-electron chi connectivity index (χ1n) is 5.77. The van der Waals surface area contributed by atoms with Crippen LogP contribution in [0.25, 0.3) is 22.8 Å². The molecule has 19 heavy (non-hydrogen) atoms. The number of aromatic nitrogens is 3. The predicted molar refractivity (Wildman–Crippen MR) is 76.7 cm³/mol. The Morgan fingerprint density at radius 3 is 2.68 bits per heavy atom. The van der Waals surface area contributed by atoms with Crippen LogP contribution in [0.2, 0.25) is 5.02 Å². The molecule has 0 fully saturated rings. The SMILES string of the molecule is Nc1cccc(-c2n[nH]c(-c3ccccc3Cl)n2)c1. The lowest BCUT2D eigenvalue weighted by atomic mass is 10.2. The van der Waals surface area contributed by atoms with Crippen LogP contribution in [0.4, 0.5) is 5.69 Å². The molecule has 1 aromatic heterocycles. The fourth-order valence-corrected chi connectivity index (χ4v) is 2.07. The Labute approximate surface area is 115 Å². The fourth-order valence-electron chi connectivity index (χ4n) is 1.84. The minimum Gasteiger partial charge on any atom is -0.399 e. The Bertz CT molecular complexity index is 721. The van der Waals surface area contributed by atoms with E-state index < -0.39 is 0 Å². The van der Waals surface area contributed by atoms with Gasteiger partial charge in [0.1, 0.15) is 0 Å². The first kappa shape index (κ1) is 11.7. The van der Waals surface area contributed by atoms with Gasteiger partial charge in [-0.2, -0.15) is 5.10 Å². The predicted octanol–water partition coefficient (Wildman–Crippen LogP) is 3.37. The molecule has 3 rings (SSSR count). The van der Waals surface area contributed by atoms with Crippen LogP contribution >= 0.6 is 11.6 Å². The lowest BCUT2D eigenvalue weighted by molar-refractivity contribution is 1.10. The summed E-state index contributed by atoms with van der Waals surface area (Å²) in [5.74, 6) is 1.24. The largest absolute Gasteiger partial charge is 0.399 e. The normalized spacial score (nSPS) is 10.6. The van der Waals surface area contributed by atoms with Gasteiger partial charge in [-0.3, -0.25) is 5.10 Å². The van der Waals surface area contributed by atoms with Crippen LogP contribution in [-0.4, -0.2) is 15.2 Å². The third kappa shape index (κ3) is 2.30. The zero-order valence-electron chi connectivity index (χ0n) is 9.97. The second-order valence-electron chi connectivity index (χ2n) is 4.11. The fraction of sp³-hybridized carbons (Fsp3) is 0. The summed E-state index contributed by atoms with van der Waals surface area (Å²) < 4.78 is 0. The van der Waals surface area contributed by atoms with E-state index in [9.17, 15) is 0 Å². The van der Waals surface area contributed by atoms with Gasteiger partial charge in [0.25, 0.3) is 0 Å². The van der Waals surface area contributed by atoms with Crippen molar-refractivity contribution >= 4 is 17.3 Å². The number of anilines is 1. The number of benzene rings is 2. The Kier molecular flexibility index (Phi) is 2.93. The van der Waals surface area contributed by atoms with Crippen LogP contribution in [0.3, 0.4) is 0 Å². The summed E-state index contributed by atoms with van der Waals surface area (Å²) >= 11 is 6.13. The number of nitrogens with one attached hydrogen (secondary N) is 1. The van der Waals surface area contributed by atoms with E-state index in [-0.39, 0.29) is 0 Å². The number of rotatable bonds is 2. The Morgan fingerprint density at radius 1 is 1.05 bits per heavy atom. The highest BCUT2D eigenvalue weighted by atomic mass is 35.5. The number of halogens is 1. The van der Waals surface area contributed by atoms with Crippen LogP contribution in [0.5, 0.6) is 0 Å². The number of nitrogen functional groups attached to an aromatic ring is 1. The van der Waals surface area contributed by atoms with E-state index in [0.717, 1.165) is 11.1 Å². The van der Waals surface area contributed by atoms with Gasteiger partial charge in [0.15, 0.2) is 11.6 Å². The minimum atomic E-state index is 0.599. The van der Waals surface area contributed by atoms with Crippen LogP contribution < -0.4 is 5.73 Å². The summed E-state index contributed by atoms with van der Waals surface area (Å²) in [6, 6.07) is 14.9. The molecule has 0 aliphatic rings. The van der Waals surface area contributed by atoms with Gasteiger partial charge in [0, 0.05) is 16.8 Å². The molecular formula is C14H11ClN4. The van der Waals surface area contributed by atoms with E-state index in [1.54, 1.807) is 0 Å². The van der Waals surface area contributed by atoms with Crippen molar-refractivity contribution in [3.05, 3.63) is 53.6 Å². The number of hydrogen-bond donors (Lipinski definition) is 2. The van der Waals surface area contributed by atoms with Gasteiger partial charge in [-0.05, 0) is 24.3 Å². The number of H-pyrrole nitrogens is 1. The number of nitrogens with zero attached hydrogens (tertiary/aromatic N) is 2. The van der Waals surface area contributed by atoms with Crippen LogP contribution in [0, 0.1) is 0 Å². The molecule has 0 radical (unpaired) electrons. The summed E-state index contributed by atoms with van der Waals surface area (Å²) in [5, 5.41) is 7.73. The summed E-state index contributed by atoms with van der Waals surface area (Å²) in [6.45, 7) is 0. The van der Waals surface area contributed by atoms with Crippen molar-refractivity contribution in [3.8, 4) is 22.8 Å². The van der Waals surface area contributed by atoms with Crippen molar-refractivity contribution < 1.29 is 0 Å². The van der Waals surface area contributed by atoms with Crippen molar-refractivity contribution in [3.63, 3.8) is 0 Å². The van der Waals surface area contributed by atoms with E-state index in [2.05, 4.69) is 15.2 Å². The van der Waals surface area contributed by atoms with E-state index in [0.29, 0.717) is 22.4 Å². The van der Waals surface area contributed by atoms with Crippen LogP contribution in [0.15, 0.2) is 48.5 Å². The first-order chi connectivity index (χ1) is 9.24. The molecule has 0 saturated heterocycles. The molecule has 1 heterocycles. The molecule has 94 valence electrons. The van der Waals surface area contributed by atoms with E-state index in [1.807, 2.05) is 48.5 Å². The van der Waals surface area contributed by atoms with E-state index >= 15 is 0 Å². The molecule has 0 atom stereocenters. The third-order valence-corrected chi connectivity index (χ3v) is 3.09. The van der Waals surface area contributed by atoms with Crippen LogP contribution in [0.1, 0.15) is 0 Å². The number of hydrogen-bond acceptors (Lipinski definition) is 3. The molecule has 0 unspecified atom stereocenters. The lowest BCUT2D eigenvalue weighted by Gasteiger charge is -1.98. The molecule has 0 saturated carbocycles. The molecule has 0 aliphatic carbocycles. The summed E-state index contributed by atoms with van der Waals surface area (Å²) in [5.41, 5.74) is 8.13. The molecule has 3 N–H and O–H groups in total. The highest BCUT2D eigenvalue weighted by Gasteiger charge is 2.10. The molecular weight excluding hydrogens is 260 g/mol. The highest BCUT2D eigenvalue weighted by Crippen LogP contribution is 2.26. The van der Waals surface area contributed by atoms with Gasteiger partial charge in [0.2, 0.25) is 0 Å². The lowest BCUT2D eigenvalue weighted by Crippen LogP contribution is -1.86. The average Bonchev–Trinajstić information content (AvgIpc) is 2.89. The quantitative estimate of drug-likeness (QED) is 0.702. The van der Waals surface area contributed by atoms with Crippen molar-refractivity contribution in [2.45, 2.75) is 0 Å². The van der Waals surface area contributed by atoms with E-state index in [1.165, 1.54) is 0 Å². The second-order valence-corrected chi connectivity index (χ2v) is 4.52. The van der Waals surface area contributed by atoms with Gasteiger partial charge in [0.05, 0.1) is 5.02 Å². The van der Waals surface area contributed by atoms with Crippen molar-refractivity contribution in [1.29, 1.82) is 0 Å². The monoisotopic (exact) mass is 270 g/mol. The Hall–Kier alpha value is -2.33. The maximum absolute atomic E-state index is 6.13. The zero-order valence-corrected chi connectivity index (χ0v) is 10.7. The summed E-state index contributed by atoms with van der Waals surface area (Å²) in [4.78, 5) is 4.45. The molecule has 0 aliphatic heterocycles. The average molecular weight is 271 g/mol. The molecule has 4 nitrogen and oxygen atoms in total. The number of nitrogens with two attached hydrogens (primary N) is 1. The van der Waals surface area contributed by atoms with Gasteiger partial charge in [-0.25, -0.2) is 4.98 Å². The maximum atomic E-state index is 6.13. The smallest absolute Gasteiger partial charge is 0.181 e. The molecule has 0 spiro atoms. The molecule has 5 heteroatoms. The Morgan fingerprint density at radius 2 is 1.89 bits per heavy atom. The van der Waals surface area contributed by atoms with E-state index in [4.69, 9.17) is 17.3 Å². The Balaban J connectivity index is 2.03. The van der Waals surface area contributed by atoms with Crippen molar-refractivity contribution in [2.24, 2.45) is 0 Å². The highest BCUT2D eigenvalue weighted by molar-refractivity contribution is 6.33. The standard InChI is InChI=1S/C14H11ClN4/c15-12-7-2-1-6-11(12)14-17-13(18-19-14)9-4-3-5-10(16)8-9/h1-8H,16H2,(H,17,18,19). The first-order valence-corrected chi connectivity index (χ1v) is 6.15. The summed E-state index contributed by atoms with van der Waals surface area (Å²) in [6.07, 6.45) is 0. The van der Waals surface area contributed by atoms with Gasteiger partial charge in [-0.15, -0.1) is 0 Å². The molecule has 2 aromatic carbocycles.